The highest BCUT2D eigenvalue weighted by Crippen LogP contribution is 2.35. The molecule has 0 aliphatic heterocycles. The van der Waals surface area contributed by atoms with Crippen molar-refractivity contribution in [1.29, 1.82) is 5.26 Å². The number of aromatic nitrogens is 1. The summed E-state index contributed by atoms with van der Waals surface area (Å²) in [7, 11) is 0. The molecule has 0 amide bonds. The van der Waals surface area contributed by atoms with Gasteiger partial charge in [-0.25, -0.2) is 0 Å². The van der Waals surface area contributed by atoms with Gasteiger partial charge in [-0.1, -0.05) is 65.7 Å². The van der Waals surface area contributed by atoms with E-state index >= 15 is 0 Å². The normalized spacial score (nSPS) is 11.3. The number of nitrogens with zero attached hydrogens (tertiary/aromatic N) is 2. The number of aryl methyl sites for hydroxylation is 2. The van der Waals surface area contributed by atoms with Crippen LogP contribution in [0.4, 0.5) is 0 Å². The van der Waals surface area contributed by atoms with E-state index in [1.54, 1.807) is 0 Å². The van der Waals surface area contributed by atoms with E-state index in [1.165, 1.54) is 32.9 Å². The van der Waals surface area contributed by atoms with Gasteiger partial charge >= 0.3 is 0 Å². The van der Waals surface area contributed by atoms with Crippen LogP contribution in [0.2, 0.25) is 0 Å². The topological polar surface area (TPSA) is 28.7 Å². The van der Waals surface area contributed by atoms with E-state index in [2.05, 4.69) is 109 Å². The Kier molecular flexibility index (Phi) is 4.31. The van der Waals surface area contributed by atoms with Crippen LogP contribution in [0.25, 0.3) is 49.4 Å². The van der Waals surface area contributed by atoms with E-state index in [-0.39, 0.29) is 0 Å². The van der Waals surface area contributed by atoms with Gasteiger partial charge in [-0.15, -0.1) is 0 Å². The van der Waals surface area contributed by atoms with E-state index in [1.807, 2.05) is 12.1 Å². The molecular weight excluding hydrogens is 400 g/mol. The first-order valence-electron chi connectivity index (χ1n) is 11.2. The Morgan fingerprint density at radius 2 is 1.27 bits per heavy atom. The van der Waals surface area contributed by atoms with Gasteiger partial charge in [0.15, 0.2) is 0 Å². The summed E-state index contributed by atoms with van der Waals surface area (Å²) in [5.74, 6) is 0. The van der Waals surface area contributed by atoms with Gasteiger partial charge in [0.2, 0.25) is 0 Å². The molecule has 156 valence electrons. The molecule has 1 heterocycles. The van der Waals surface area contributed by atoms with Crippen molar-refractivity contribution < 1.29 is 0 Å². The van der Waals surface area contributed by atoms with Gasteiger partial charge in [-0.05, 0) is 72.8 Å². The molecular formula is C31H22N2. The van der Waals surface area contributed by atoms with E-state index < -0.39 is 0 Å². The maximum atomic E-state index is 9.66. The number of rotatable bonds is 2. The predicted molar refractivity (Wildman–Crippen MR) is 138 cm³/mol. The zero-order valence-electron chi connectivity index (χ0n) is 18.6. The average molecular weight is 423 g/mol. The lowest BCUT2D eigenvalue weighted by Gasteiger charge is -2.12. The molecule has 0 saturated carbocycles. The monoisotopic (exact) mass is 422 g/mol. The molecule has 2 heteroatoms. The lowest BCUT2D eigenvalue weighted by atomic mass is 9.95. The summed E-state index contributed by atoms with van der Waals surface area (Å²) in [4.78, 5) is 0. The molecule has 6 rings (SSSR count). The molecule has 1 aromatic heterocycles. The third kappa shape index (κ3) is 3.02. The zero-order valence-corrected chi connectivity index (χ0v) is 18.6. The molecule has 0 fully saturated rings. The van der Waals surface area contributed by atoms with Crippen LogP contribution in [0.3, 0.4) is 0 Å². The number of hydrogen-bond acceptors (Lipinski definition) is 1. The van der Waals surface area contributed by atoms with Crippen LogP contribution in [-0.4, -0.2) is 4.57 Å². The number of fused-ring (bicyclic) bond motifs is 4. The molecule has 5 aromatic carbocycles. The van der Waals surface area contributed by atoms with Crippen LogP contribution in [0.5, 0.6) is 0 Å². The summed E-state index contributed by atoms with van der Waals surface area (Å²) in [6, 6.07) is 36.5. The van der Waals surface area contributed by atoms with Crippen molar-refractivity contribution in [3.05, 3.63) is 114 Å². The fraction of sp³-hybridized carbons (Fsp3) is 0.0645. The van der Waals surface area contributed by atoms with Crippen LogP contribution in [0, 0.1) is 25.2 Å². The molecule has 0 unspecified atom stereocenters. The molecule has 0 aliphatic carbocycles. The van der Waals surface area contributed by atoms with Crippen molar-refractivity contribution in [1.82, 2.24) is 4.57 Å². The Hall–Kier alpha value is -4.35. The van der Waals surface area contributed by atoms with Crippen LogP contribution in [0.15, 0.2) is 97.1 Å². The average Bonchev–Trinajstić information content (AvgIpc) is 3.16. The fourth-order valence-electron chi connectivity index (χ4n) is 4.99. The molecule has 0 atom stereocenters. The van der Waals surface area contributed by atoms with E-state index in [0.29, 0.717) is 5.56 Å². The molecule has 33 heavy (non-hydrogen) atoms. The van der Waals surface area contributed by atoms with Gasteiger partial charge in [0.1, 0.15) is 0 Å². The molecule has 0 spiro atoms. The van der Waals surface area contributed by atoms with Crippen molar-refractivity contribution in [3.8, 4) is 22.9 Å². The summed E-state index contributed by atoms with van der Waals surface area (Å²) in [5.41, 5.74) is 9.00. The summed E-state index contributed by atoms with van der Waals surface area (Å²) >= 11 is 0. The minimum atomic E-state index is 0.709. The number of benzene rings is 5. The molecule has 2 nitrogen and oxygen atoms in total. The lowest BCUT2D eigenvalue weighted by Crippen LogP contribution is -1.94. The maximum absolute atomic E-state index is 9.66. The van der Waals surface area contributed by atoms with Gasteiger partial charge in [0, 0.05) is 21.8 Å². The molecule has 6 aromatic rings. The van der Waals surface area contributed by atoms with E-state index in [4.69, 9.17) is 0 Å². The zero-order chi connectivity index (χ0) is 22.5. The standard InChI is InChI=1S/C31H22N2/c1-20-9-15-29-27(17-20)28-18-21(2)10-16-30(28)33(29)25-13-11-22(12-14-25)26-8-4-6-23-5-3-7-24(19-32)31(23)26/h3-18H,1-2H3. The highest BCUT2D eigenvalue weighted by Gasteiger charge is 2.13. The van der Waals surface area contributed by atoms with Crippen LogP contribution >= 0.6 is 0 Å². The predicted octanol–water partition coefficient (Wildman–Crippen LogP) is 8.09. The van der Waals surface area contributed by atoms with Gasteiger partial charge in [0.05, 0.1) is 22.7 Å². The summed E-state index contributed by atoms with van der Waals surface area (Å²) in [5, 5.41) is 14.3. The largest absolute Gasteiger partial charge is 0.309 e. The molecule has 0 aliphatic rings. The van der Waals surface area contributed by atoms with Crippen LogP contribution in [0.1, 0.15) is 16.7 Å². The van der Waals surface area contributed by atoms with Gasteiger partial charge in [-0.3, -0.25) is 0 Å². The number of nitriles is 1. The Balaban J connectivity index is 1.56. The first-order chi connectivity index (χ1) is 16.1. The van der Waals surface area contributed by atoms with Crippen LogP contribution in [-0.2, 0) is 0 Å². The van der Waals surface area contributed by atoms with Crippen molar-refractivity contribution in [2.45, 2.75) is 13.8 Å². The minimum absolute atomic E-state index is 0.709. The second-order valence-corrected chi connectivity index (χ2v) is 8.74. The smallest absolute Gasteiger partial charge is 0.0998 e. The summed E-state index contributed by atoms with van der Waals surface area (Å²) in [6.45, 7) is 4.29. The van der Waals surface area contributed by atoms with E-state index in [0.717, 1.165) is 27.6 Å². The van der Waals surface area contributed by atoms with Gasteiger partial charge in [0.25, 0.3) is 0 Å². The van der Waals surface area contributed by atoms with Crippen molar-refractivity contribution in [2.75, 3.05) is 0 Å². The second-order valence-electron chi connectivity index (χ2n) is 8.74. The van der Waals surface area contributed by atoms with Gasteiger partial charge < -0.3 is 4.57 Å². The fourth-order valence-corrected chi connectivity index (χ4v) is 4.99. The Bertz CT molecular complexity index is 1660. The molecule has 0 bridgehead atoms. The first-order valence-corrected chi connectivity index (χ1v) is 11.2. The molecule has 0 saturated heterocycles. The quantitative estimate of drug-likeness (QED) is 0.277. The van der Waals surface area contributed by atoms with Crippen molar-refractivity contribution in [2.24, 2.45) is 0 Å². The highest BCUT2D eigenvalue weighted by atomic mass is 15.0. The number of hydrogen-bond donors (Lipinski definition) is 0. The highest BCUT2D eigenvalue weighted by molar-refractivity contribution is 6.09. The van der Waals surface area contributed by atoms with Crippen molar-refractivity contribution >= 4 is 32.6 Å². The molecule has 0 N–H and O–H groups in total. The summed E-state index contributed by atoms with van der Waals surface area (Å²) < 4.78 is 2.34. The third-order valence-corrected chi connectivity index (χ3v) is 6.54. The second kappa shape index (κ2) is 7.36. The van der Waals surface area contributed by atoms with Crippen LogP contribution < -0.4 is 0 Å². The molecule has 0 radical (unpaired) electrons. The SMILES string of the molecule is Cc1ccc2c(c1)c1cc(C)ccc1n2-c1ccc(-c2cccc3cccc(C#N)c23)cc1. The Morgan fingerprint density at radius 1 is 0.667 bits per heavy atom. The first kappa shape index (κ1) is 19.3. The van der Waals surface area contributed by atoms with Crippen molar-refractivity contribution in [3.63, 3.8) is 0 Å². The summed E-state index contributed by atoms with van der Waals surface area (Å²) in [6.07, 6.45) is 0. The lowest BCUT2D eigenvalue weighted by molar-refractivity contribution is 1.18. The Morgan fingerprint density at radius 3 is 1.88 bits per heavy atom. The Labute approximate surface area is 192 Å². The van der Waals surface area contributed by atoms with E-state index in [9.17, 15) is 5.26 Å². The maximum Gasteiger partial charge on any atom is 0.0998 e. The van der Waals surface area contributed by atoms with Gasteiger partial charge in [-0.2, -0.15) is 5.26 Å². The third-order valence-electron chi connectivity index (χ3n) is 6.54. The minimum Gasteiger partial charge on any atom is -0.309 e.